The summed E-state index contributed by atoms with van der Waals surface area (Å²) in [5.41, 5.74) is 0.114. The van der Waals surface area contributed by atoms with E-state index in [9.17, 15) is 4.79 Å². The molecule has 1 aliphatic carbocycles. The Morgan fingerprint density at radius 3 is 2.79 bits per heavy atom. The van der Waals surface area contributed by atoms with Crippen LogP contribution in [0.25, 0.3) is 0 Å². The minimum Gasteiger partial charge on any atom is -0.478 e. The van der Waals surface area contributed by atoms with Crippen LogP contribution in [0.1, 0.15) is 48.9 Å². The van der Waals surface area contributed by atoms with Crippen LogP contribution < -0.4 is 5.32 Å². The van der Waals surface area contributed by atoms with E-state index < -0.39 is 5.97 Å². The Labute approximate surface area is 118 Å². The molecular formula is C14H19ClN2O2. The van der Waals surface area contributed by atoms with E-state index in [0.717, 1.165) is 18.9 Å². The largest absolute Gasteiger partial charge is 0.478 e. The van der Waals surface area contributed by atoms with Crippen LogP contribution in [-0.4, -0.2) is 22.6 Å². The molecule has 1 aromatic rings. The van der Waals surface area contributed by atoms with Gasteiger partial charge in [0.25, 0.3) is 0 Å². The van der Waals surface area contributed by atoms with Crippen molar-refractivity contribution in [1.82, 2.24) is 4.98 Å². The highest BCUT2D eigenvalue weighted by molar-refractivity contribution is 6.33. The molecule has 0 saturated heterocycles. The van der Waals surface area contributed by atoms with Crippen LogP contribution in [0.3, 0.4) is 0 Å². The lowest BCUT2D eigenvalue weighted by Gasteiger charge is -2.21. The van der Waals surface area contributed by atoms with E-state index in [4.69, 9.17) is 16.7 Å². The average Bonchev–Trinajstić information content (AvgIpc) is 2.41. The van der Waals surface area contributed by atoms with E-state index in [1.54, 1.807) is 0 Å². The second-order valence-corrected chi connectivity index (χ2v) is 5.49. The molecule has 104 valence electrons. The van der Waals surface area contributed by atoms with Crippen LogP contribution in [0.2, 0.25) is 5.02 Å². The van der Waals surface area contributed by atoms with Gasteiger partial charge in [-0.15, -0.1) is 0 Å². The first-order valence-corrected chi connectivity index (χ1v) is 7.17. The Bertz CT molecular complexity index is 445. The number of hydrogen-bond acceptors (Lipinski definition) is 3. The molecule has 1 aromatic heterocycles. The topological polar surface area (TPSA) is 62.2 Å². The van der Waals surface area contributed by atoms with E-state index in [-0.39, 0.29) is 5.56 Å². The number of hydrogen-bond donors (Lipinski definition) is 2. The number of aromatic nitrogens is 1. The Morgan fingerprint density at radius 2 is 2.16 bits per heavy atom. The van der Waals surface area contributed by atoms with Crippen molar-refractivity contribution in [2.45, 2.75) is 38.5 Å². The maximum Gasteiger partial charge on any atom is 0.337 e. The van der Waals surface area contributed by atoms with Gasteiger partial charge in [0.2, 0.25) is 0 Å². The van der Waals surface area contributed by atoms with E-state index in [1.165, 1.54) is 44.4 Å². The molecule has 0 aliphatic heterocycles. The lowest BCUT2D eigenvalue weighted by molar-refractivity contribution is 0.0696. The van der Waals surface area contributed by atoms with Crippen LogP contribution in [0, 0.1) is 5.92 Å². The van der Waals surface area contributed by atoms with E-state index in [1.807, 2.05) is 0 Å². The third-order valence-corrected chi connectivity index (χ3v) is 3.95. The summed E-state index contributed by atoms with van der Waals surface area (Å²) < 4.78 is 0. The fourth-order valence-electron chi connectivity index (χ4n) is 2.56. The van der Waals surface area contributed by atoms with Gasteiger partial charge in [-0.05, 0) is 18.4 Å². The standard InChI is InChI=1S/C14H19ClN2O2/c15-12-8-11(14(18)19)9-17-13(12)16-7-6-10-4-2-1-3-5-10/h8-10H,1-7H2,(H,16,17)(H,18,19). The van der Waals surface area contributed by atoms with Gasteiger partial charge >= 0.3 is 5.97 Å². The van der Waals surface area contributed by atoms with Crippen molar-refractivity contribution in [3.63, 3.8) is 0 Å². The van der Waals surface area contributed by atoms with Crippen LogP contribution in [0.5, 0.6) is 0 Å². The molecule has 4 nitrogen and oxygen atoms in total. The van der Waals surface area contributed by atoms with Gasteiger partial charge in [-0.3, -0.25) is 0 Å². The van der Waals surface area contributed by atoms with Gasteiger partial charge in [-0.25, -0.2) is 9.78 Å². The maximum absolute atomic E-state index is 10.8. The number of aromatic carboxylic acids is 1. The summed E-state index contributed by atoms with van der Waals surface area (Å²) in [6.07, 6.45) is 9.15. The molecule has 5 heteroatoms. The van der Waals surface area contributed by atoms with E-state index in [0.29, 0.717) is 10.8 Å². The Morgan fingerprint density at radius 1 is 1.42 bits per heavy atom. The summed E-state index contributed by atoms with van der Waals surface area (Å²) in [6.45, 7) is 0.837. The number of pyridine rings is 1. The molecule has 0 bridgehead atoms. The summed E-state index contributed by atoms with van der Waals surface area (Å²) in [6, 6.07) is 1.43. The quantitative estimate of drug-likeness (QED) is 0.862. The summed E-state index contributed by atoms with van der Waals surface area (Å²) in [5.74, 6) is 0.365. The van der Waals surface area contributed by atoms with Gasteiger partial charge < -0.3 is 10.4 Å². The molecule has 0 unspecified atom stereocenters. The zero-order chi connectivity index (χ0) is 13.7. The van der Waals surface area contributed by atoms with Crippen molar-refractivity contribution >= 4 is 23.4 Å². The fourth-order valence-corrected chi connectivity index (χ4v) is 2.79. The van der Waals surface area contributed by atoms with Gasteiger partial charge in [-0.1, -0.05) is 43.7 Å². The smallest absolute Gasteiger partial charge is 0.337 e. The highest BCUT2D eigenvalue weighted by Gasteiger charge is 2.13. The Balaban J connectivity index is 1.83. The van der Waals surface area contributed by atoms with Crippen molar-refractivity contribution < 1.29 is 9.90 Å². The molecule has 0 aromatic carbocycles. The number of rotatable bonds is 5. The zero-order valence-electron chi connectivity index (χ0n) is 10.9. The Hall–Kier alpha value is -1.29. The molecule has 1 fully saturated rings. The average molecular weight is 283 g/mol. The number of anilines is 1. The van der Waals surface area contributed by atoms with Crippen molar-refractivity contribution in [2.24, 2.45) is 5.92 Å². The second kappa shape index (κ2) is 6.75. The summed E-state index contributed by atoms with van der Waals surface area (Å²) in [4.78, 5) is 14.8. The normalized spacial score (nSPS) is 16.3. The first kappa shape index (κ1) is 14.1. The van der Waals surface area contributed by atoms with Gasteiger partial charge in [-0.2, -0.15) is 0 Å². The molecule has 0 radical (unpaired) electrons. The SMILES string of the molecule is O=C(O)c1cnc(NCCC2CCCCC2)c(Cl)c1. The lowest BCUT2D eigenvalue weighted by atomic mass is 9.87. The van der Waals surface area contributed by atoms with Crippen LogP contribution in [-0.2, 0) is 0 Å². The zero-order valence-corrected chi connectivity index (χ0v) is 11.6. The number of nitrogens with zero attached hydrogens (tertiary/aromatic N) is 1. The minimum atomic E-state index is -1.01. The number of carbonyl (C=O) groups is 1. The van der Waals surface area contributed by atoms with Crippen LogP contribution in [0.4, 0.5) is 5.82 Å². The van der Waals surface area contributed by atoms with Gasteiger partial charge in [0.1, 0.15) is 5.82 Å². The van der Waals surface area contributed by atoms with Crippen molar-refractivity contribution in [1.29, 1.82) is 0 Å². The predicted octanol–water partition coefficient (Wildman–Crippen LogP) is 3.82. The van der Waals surface area contributed by atoms with Crippen molar-refractivity contribution in [3.05, 3.63) is 22.8 Å². The van der Waals surface area contributed by atoms with Crippen molar-refractivity contribution in [3.8, 4) is 0 Å². The molecule has 0 spiro atoms. The third kappa shape index (κ3) is 4.10. The van der Waals surface area contributed by atoms with Crippen molar-refractivity contribution in [2.75, 3.05) is 11.9 Å². The lowest BCUT2D eigenvalue weighted by Crippen LogP contribution is -2.13. The molecule has 0 atom stereocenters. The van der Waals surface area contributed by atoms with E-state index >= 15 is 0 Å². The fraction of sp³-hybridized carbons (Fsp3) is 0.571. The number of carboxylic acids is 1. The summed E-state index contributed by atoms with van der Waals surface area (Å²) >= 11 is 6.01. The second-order valence-electron chi connectivity index (χ2n) is 5.08. The third-order valence-electron chi connectivity index (χ3n) is 3.66. The summed E-state index contributed by atoms with van der Waals surface area (Å²) in [7, 11) is 0. The molecule has 1 heterocycles. The van der Waals surface area contributed by atoms with Gasteiger partial charge in [0.15, 0.2) is 0 Å². The molecular weight excluding hydrogens is 264 g/mol. The summed E-state index contributed by atoms with van der Waals surface area (Å²) in [5, 5.41) is 12.4. The molecule has 1 saturated carbocycles. The number of halogens is 1. The van der Waals surface area contributed by atoms with Crippen LogP contribution in [0.15, 0.2) is 12.3 Å². The Kier molecular flexibility index (Phi) is 5.02. The molecule has 2 N–H and O–H groups in total. The first-order valence-electron chi connectivity index (χ1n) is 6.79. The highest BCUT2D eigenvalue weighted by Crippen LogP contribution is 2.26. The molecule has 19 heavy (non-hydrogen) atoms. The number of carboxylic acid groups (broad SMARTS) is 1. The van der Waals surface area contributed by atoms with E-state index in [2.05, 4.69) is 10.3 Å². The maximum atomic E-state index is 10.8. The highest BCUT2D eigenvalue weighted by atomic mass is 35.5. The van der Waals surface area contributed by atoms with Crippen LogP contribution >= 0.6 is 11.6 Å². The number of nitrogens with one attached hydrogen (secondary N) is 1. The first-order chi connectivity index (χ1) is 9.16. The molecule has 0 amide bonds. The molecule has 2 rings (SSSR count). The van der Waals surface area contributed by atoms with Gasteiger partial charge in [0, 0.05) is 12.7 Å². The van der Waals surface area contributed by atoms with Gasteiger partial charge in [0.05, 0.1) is 10.6 Å². The molecule has 1 aliphatic rings. The monoisotopic (exact) mass is 282 g/mol. The predicted molar refractivity (Wildman–Crippen MR) is 75.9 cm³/mol. The minimum absolute atomic E-state index is 0.114.